The van der Waals surface area contributed by atoms with Gasteiger partial charge in [0.15, 0.2) is 5.82 Å². The van der Waals surface area contributed by atoms with E-state index in [1.54, 1.807) is 30.3 Å². The summed E-state index contributed by atoms with van der Waals surface area (Å²) in [6.45, 7) is 1.31. The normalized spacial score (nSPS) is 24.2. The van der Waals surface area contributed by atoms with Crippen molar-refractivity contribution in [3.8, 4) is 11.8 Å². The van der Waals surface area contributed by atoms with E-state index in [0.29, 0.717) is 24.8 Å². The SMILES string of the molecule is CCCCOC(=O)CC[C@H](NP(=O)(OC[C@@]1(C#N)O[C@@H](c2ccc3c(N)ncnn23)[C@H](O)[C@@H]1O)Oc1ccccc1)C(=O)OC1CCCCC1. The number of unbranched alkanes of at least 4 members (excludes halogenated alkanes) is 1. The molecule has 1 saturated heterocycles. The minimum atomic E-state index is -4.64. The summed E-state index contributed by atoms with van der Waals surface area (Å²) in [7, 11) is -4.64. The van der Waals surface area contributed by atoms with E-state index < -0.39 is 56.2 Å². The number of nitriles is 1. The molecule has 5 N–H and O–H groups in total. The number of hydrogen-bond acceptors (Lipinski definition) is 14. The quantitative estimate of drug-likeness (QED) is 0.0945. The highest BCUT2D eigenvalue weighted by Crippen LogP contribution is 2.49. The fourth-order valence-electron chi connectivity index (χ4n) is 5.89. The van der Waals surface area contributed by atoms with Crippen molar-refractivity contribution in [1.82, 2.24) is 19.7 Å². The summed E-state index contributed by atoms with van der Waals surface area (Å²) < 4.78 is 44.5. The number of aliphatic hydroxyl groups excluding tert-OH is 2. The van der Waals surface area contributed by atoms with Crippen molar-refractivity contribution in [2.24, 2.45) is 0 Å². The first-order valence-corrected chi connectivity index (χ1v) is 18.3. The van der Waals surface area contributed by atoms with Crippen LogP contribution in [0, 0.1) is 11.3 Å². The molecule has 1 aliphatic carbocycles. The van der Waals surface area contributed by atoms with Crippen LogP contribution < -0.4 is 15.3 Å². The highest BCUT2D eigenvalue weighted by Gasteiger charge is 2.57. The zero-order valence-corrected chi connectivity index (χ0v) is 28.7. The Kier molecular flexibility index (Phi) is 12.4. The fraction of sp³-hybridized carbons (Fsp3) is 0.545. The minimum Gasteiger partial charge on any atom is -0.466 e. The van der Waals surface area contributed by atoms with Gasteiger partial charge in [0.1, 0.15) is 60.7 Å². The first-order chi connectivity index (χ1) is 24.1. The van der Waals surface area contributed by atoms with Crippen molar-refractivity contribution in [2.75, 3.05) is 18.9 Å². The number of para-hydroxylation sites is 1. The van der Waals surface area contributed by atoms with E-state index >= 15 is 0 Å². The highest BCUT2D eigenvalue weighted by molar-refractivity contribution is 7.52. The minimum absolute atomic E-state index is 0.0930. The zero-order chi connectivity index (χ0) is 35.7. The second-order valence-corrected chi connectivity index (χ2v) is 14.0. The second kappa shape index (κ2) is 16.7. The average Bonchev–Trinajstić information content (AvgIpc) is 3.66. The molecule has 16 nitrogen and oxygen atoms in total. The molecule has 0 radical (unpaired) electrons. The number of carbonyl (C=O) groups excluding carboxylic acids is 2. The van der Waals surface area contributed by atoms with Crippen molar-refractivity contribution < 1.29 is 47.6 Å². The molecule has 270 valence electrons. The number of aromatic nitrogens is 3. The van der Waals surface area contributed by atoms with E-state index in [9.17, 15) is 29.6 Å². The van der Waals surface area contributed by atoms with E-state index in [1.807, 2.05) is 13.0 Å². The van der Waals surface area contributed by atoms with Gasteiger partial charge in [-0.3, -0.25) is 14.1 Å². The topological polar surface area (TPSA) is 230 Å². The lowest BCUT2D eigenvalue weighted by atomic mass is 9.96. The number of rotatable bonds is 16. The molecule has 5 rings (SSSR count). The molecule has 3 aromatic rings. The largest absolute Gasteiger partial charge is 0.466 e. The molecule has 50 heavy (non-hydrogen) atoms. The number of esters is 2. The Morgan fingerprint density at radius 1 is 1.20 bits per heavy atom. The maximum atomic E-state index is 14.5. The zero-order valence-electron chi connectivity index (χ0n) is 27.8. The standard InChI is InChI=1S/C33H43N6O10P/c1-2-3-18-45-27(40)17-14-24(32(43)47-22-10-6-4-7-11-22)38-50(44,49-23-12-8-5-9-13-23)46-20-33(19-34)30(42)28(41)29(48-33)25-15-16-26-31(35)36-21-37-39(25)26/h5,8-9,12-13,15-16,21-22,24,28-30,41-42H,2-4,6-7,10-11,14,17-18,20H2,1H3,(H,38,44)(H2,35,36,37)/t24-,28-,29-,30-,33+,50?/m0/s1. The summed E-state index contributed by atoms with van der Waals surface area (Å²) in [5, 5.41) is 39.3. The van der Waals surface area contributed by atoms with Gasteiger partial charge in [0.2, 0.25) is 5.60 Å². The maximum absolute atomic E-state index is 14.5. The predicted molar refractivity (Wildman–Crippen MR) is 177 cm³/mol. The van der Waals surface area contributed by atoms with E-state index in [-0.39, 0.29) is 42.8 Å². The van der Waals surface area contributed by atoms with Crippen LogP contribution in [-0.2, 0) is 32.9 Å². The van der Waals surface area contributed by atoms with Gasteiger partial charge >= 0.3 is 19.7 Å². The number of nitrogens with two attached hydrogens (primary N) is 1. The van der Waals surface area contributed by atoms with Gasteiger partial charge in [-0.25, -0.2) is 14.1 Å². The van der Waals surface area contributed by atoms with Crippen molar-refractivity contribution in [1.29, 1.82) is 5.26 Å². The summed E-state index contributed by atoms with van der Waals surface area (Å²) >= 11 is 0. The van der Waals surface area contributed by atoms with Gasteiger partial charge in [-0.2, -0.15) is 15.4 Å². The molecule has 0 bridgehead atoms. The van der Waals surface area contributed by atoms with Crippen LogP contribution >= 0.6 is 7.75 Å². The van der Waals surface area contributed by atoms with Crippen molar-refractivity contribution >= 4 is 31.0 Å². The summed E-state index contributed by atoms with van der Waals surface area (Å²) in [6.07, 6.45) is 1.36. The number of nitrogen functional groups attached to an aromatic ring is 1. The van der Waals surface area contributed by atoms with Crippen LogP contribution in [0.15, 0.2) is 48.8 Å². The van der Waals surface area contributed by atoms with Gasteiger partial charge in [0, 0.05) is 6.42 Å². The summed E-state index contributed by atoms with van der Waals surface area (Å²) in [5.41, 5.74) is 4.35. The molecule has 2 aliphatic rings. The molecule has 1 unspecified atom stereocenters. The van der Waals surface area contributed by atoms with E-state index in [0.717, 1.165) is 25.7 Å². The predicted octanol–water partition coefficient (Wildman–Crippen LogP) is 3.53. The molecular formula is C33H43N6O10P. The molecule has 1 aliphatic heterocycles. The third-order valence-corrected chi connectivity index (χ3v) is 10.2. The van der Waals surface area contributed by atoms with Crippen LogP contribution in [0.25, 0.3) is 5.52 Å². The summed E-state index contributed by atoms with van der Waals surface area (Å²) in [5.74, 6) is -1.06. The summed E-state index contributed by atoms with van der Waals surface area (Å²) in [4.78, 5) is 30.0. The average molecular weight is 715 g/mol. The third kappa shape index (κ3) is 8.79. The number of nitrogens with one attached hydrogen (secondary N) is 1. The first kappa shape index (κ1) is 37.2. The second-order valence-electron chi connectivity index (χ2n) is 12.3. The summed E-state index contributed by atoms with van der Waals surface area (Å²) in [6, 6.07) is 11.6. The van der Waals surface area contributed by atoms with E-state index in [1.165, 1.54) is 23.0 Å². The molecule has 2 fully saturated rings. The smallest absolute Gasteiger partial charge is 0.459 e. The fourth-order valence-corrected chi connectivity index (χ4v) is 7.44. The van der Waals surface area contributed by atoms with Crippen LogP contribution in [0.1, 0.15) is 76.5 Å². The number of benzene rings is 1. The van der Waals surface area contributed by atoms with Gasteiger partial charge in [0.25, 0.3) is 0 Å². The van der Waals surface area contributed by atoms with Gasteiger partial charge in [-0.05, 0) is 62.8 Å². The van der Waals surface area contributed by atoms with E-state index in [4.69, 9.17) is 29.0 Å². The molecule has 0 spiro atoms. The van der Waals surface area contributed by atoms with E-state index in [2.05, 4.69) is 15.2 Å². The number of nitrogens with zero attached hydrogens (tertiary/aromatic N) is 4. The van der Waals surface area contributed by atoms with Gasteiger partial charge in [-0.15, -0.1) is 0 Å². The lowest BCUT2D eigenvalue weighted by molar-refractivity contribution is -0.153. The van der Waals surface area contributed by atoms with Crippen LogP contribution in [0.3, 0.4) is 0 Å². The number of fused-ring (bicyclic) bond motifs is 1. The number of ether oxygens (including phenoxy) is 3. The first-order valence-electron chi connectivity index (χ1n) is 16.7. The van der Waals surface area contributed by atoms with Crippen LogP contribution in [0.2, 0.25) is 0 Å². The monoisotopic (exact) mass is 714 g/mol. The maximum Gasteiger partial charge on any atom is 0.459 e. The molecule has 17 heteroatoms. The van der Waals surface area contributed by atoms with Crippen molar-refractivity contribution in [3.05, 3.63) is 54.5 Å². The molecule has 1 aromatic carbocycles. The van der Waals surface area contributed by atoms with Crippen molar-refractivity contribution in [2.45, 2.75) is 101 Å². The number of hydrogen-bond donors (Lipinski definition) is 4. The Morgan fingerprint density at radius 3 is 2.68 bits per heavy atom. The molecule has 2 aromatic heterocycles. The number of anilines is 1. The van der Waals surface area contributed by atoms with Gasteiger partial charge in [0.05, 0.1) is 12.3 Å². The van der Waals surface area contributed by atoms with Crippen LogP contribution in [0.4, 0.5) is 5.82 Å². The number of carbonyl (C=O) groups is 2. The Balaban J connectivity index is 1.39. The third-order valence-electron chi connectivity index (χ3n) is 8.69. The highest BCUT2D eigenvalue weighted by atomic mass is 31.2. The Bertz CT molecular complexity index is 1700. The Morgan fingerprint density at radius 2 is 1.96 bits per heavy atom. The molecular weight excluding hydrogens is 671 g/mol. The molecule has 3 heterocycles. The Hall–Kier alpha value is -4.10. The van der Waals surface area contributed by atoms with Crippen LogP contribution in [-0.4, -0.2) is 79.9 Å². The van der Waals surface area contributed by atoms with Gasteiger partial charge < -0.3 is 34.7 Å². The molecule has 1 saturated carbocycles. The van der Waals surface area contributed by atoms with Gasteiger partial charge in [-0.1, -0.05) is 38.0 Å². The van der Waals surface area contributed by atoms with Crippen LogP contribution in [0.5, 0.6) is 5.75 Å². The lowest BCUT2D eigenvalue weighted by Gasteiger charge is -2.30. The Labute approximate surface area is 289 Å². The lowest BCUT2D eigenvalue weighted by Crippen LogP contribution is -2.46. The number of aliphatic hydroxyl groups is 2. The van der Waals surface area contributed by atoms with Crippen molar-refractivity contribution in [3.63, 3.8) is 0 Å². The molecule has 6 atom stereocenters. The molecule has 0 amide bonds.